The van der Waals surface area contributed by atoms with Crippen molar-refractivity contribution < 1.29 is 0 Å². The summed E-state index contributed by atoms with van der Waals surface area (Å²) in [5.74, 6) is 5.09. The Kier molecular flexibility index (Phi) is 4.19. The highest BCUT2D eigenvalue weighted by molar-refractivity contribution is 5.48. The summed E-state index contributed by atoms with van der Waals surface area (Å²) in [5.41, 5.74) is 2.48. The molecule has 116 valence electrons. The molecule has 0 saturated heterocycles. The maximum atomic E-state index is 4.97. The van der Waals surface area contributed by atoms with Crippen LogP contribution in [-0.4, -0.2) is 16.5 Å². The maximum Gasteiger partial charge on any atom is 0.134 e. The molecule has 0 spiro atoms. The average Bonchev–Trinajstić information content (AvgIpc) is 3.06. The lowest BCUT2D eigenvalue weighted by atomic mass is 9.88. The molecular weight excluding hydrogens is 258 g/mol. The van der Waals surface area contributed by atoms with E-state index in [1.807, 2.05) is 0 Å². The van der Waals surface area contributed by atoms with Gasteiger partial charge >= 0.3 is 0 Å². The third-order valence-corrected chi connectivity index (χ3v) is 5.34. The van der Waals surface area contributed by atoms with E-state index in [9.17, 15) is 0 Å². The first-order valence-corrected chi connectivity index (χ1v) is 8.72. The fourth-order valence-electron chi connectivity index (χ4n) is 4.40. The fourth-order valence-corrected chi connectivity index (χ4v) is 4.40. The van der Waals surface area contributed by atoms with Crippen molar-refractivity contribution in [2.75, 3.05) is 11.9 Å². The van der Waals surface area contributed by atoms with Crippen molar-refractivity contribution in [1.29, 1.82) is 0 Å². The monoisotopic (exact) mass is 287 g/mol. The molecule has 21 heavy (non-hydrogen) atoms. The molecule has 1 aromatic rings. The Balaban J connectivity index is 1.93. The van der Waals surface area contributed by atoms with E-state index in [-0.39, 0.29) is 0 Å². The second-order valence-electron chi connectivity index (χ2n) is 7.29. The summed E-state index contributed by atoms with van der Waals surface area (Å²) in [5, 5.41) is 3.54. The van der Waals surface area contributed by atoms with Crippen LogP contribution in [0.4, 0.5) is 5.82 Å². The van der Waals surface area contributed by atoms with E-state index in [2.05, 4.69) is 33.0 Å². The van der Waals surface area contributed by atoms with Gasteiger partial charge in [-0.2, -0.15) is 0 Å². The first-order chi connectivity index (χ1) is 10.1. The lowest BCUT2D eigenvalue weighted by molar-refractivity contribution is 0.404. The van der Waals surface area contributed by atoms with Crippen LogP contribution in [-0.2, 0) is 0 Å². The first-order valence-electron chi connectivity index (χ1n) is 8.72. The highest BCUT2D eigenvalue weighted by atomic mass is 15.0. The van der Waals surface area contributed by atoms with Gasteiger partial charge in [-0.1, -0.05) is 27.2 Å². The summed E-state index contributed by atoms with van der Waals surface area (Å²) < 4.78 is 0. The van der Waals surface area contributed by atoms with Gasteiger partial charge in [-0.05, 0) is 50.4 Å². The number of rotatable bonds is 5. The highest BCUT2D eigenvalue weighted by Crippen LogP contribution is 2.52. The smallest absolute Gasteiger partial charge is 0.134 e. The average molecular weight is 287 g/mol. The number of aryl methyl sites for hydroxylation is 1. The molecule has 3 rings (SSSR count). The van der Waals surface area contributed by atoms with Gasteiger partial charge in [0.2, 0.25) is 0 Å². The molecule has 0 amide bonds. The minimum absolute atomic E-state index is 0.471. The summed E-state index contributed by atoms with van der Waals surface area (Å²) in [6, 6.07) is 0. The second kappa shape index (κ2) is 5.94. The molecule has 2 aliphatic carbocycles. The summed E-state index contributed by atoms with van der Waals surface area (Å²) in [6.45, 7) is 9.82. The van der Waals surface area contributed by atoms with Gasteiger partial charge < -0.3 is 5.32 Å². The molecule has 0 radical (unpaired) electrons. The predicted octanol–water partition coefficient (Wildman–Crippen LogP) is 4.63. The molecule has 0 aromatic carbocycles. The molecule has 1 heterocycles. The lowest BCUT2D eigenvalue weighted by Gasteiger charge is -2.23. The van der Waals surface area contributed by atoms with E-state index in [1.54, 1.807) is 0 Å². The molecule has 3 unspecified atom stereocenters. The molecule has 3 atom stereocenters. The number of hydrogen-bond acceptors (Lipinski definition) is 3. The molecule has 2 bridgehead atoms. The van der Waals surface area contributed by atoms with Crippen molar-refractivity contribution in [3.05, 3.63) is 17.1 Å². The number of hydrogen-bond donors (Lipinski definition) is 1. The van der Waals surface area contributed by atoms with Gasteiger partial charge in [-0.15, -0.1) is 0 Å². The molecule has 2 saturated carbocycles. The number of aromatic nitrogens is 2. The van der Waals surface area contributed by atoms with Gasteiger partial charge in [0.05, 0.1) is 0 Å². The van der Waals surface area contributed by atoms with E-state index in [0.717, 1.165) is 36.4 Å². The Morgan fingerprint density at radius 1 is 1.19 bits per heavy atom. The van der Waals surface area contributed by atoms with Crippen LogP contribution in [0.5, 0.6) is 0 Å². The zero-order chi connectivity index (χ0) is 15.0. The standard InChI is InChI=1S/C18H29N3/c1-5-8-19-18-16(11(2)3)12(4)20-17(21-18)15-10-13-6-7-14(15)9-13/h11,13-15H,5-10H2,1-4H3,(H,19,20,21). The third-order valence-electron chi connectivity index (χ3n) is 5.34. The first kappa shape index (κ1) is 14.8. The quantitative estimate of drug-likeness (QED) is 0.857. The number of anilines is 1. The van der Waals surface area contributed by atoms with Crippen molar-refractivity contribution in [2.45, 2.75) is 71.6 Å². The van der Waals surface area contributed by atoms with Gasteiger partial charge in [0.25, 0.3) is 0 Å². The zero-order valence-electron chi connectivity index (χ0n) is 13.9. The van der Waals surface area contributed by atoms with E-state index < -0.39 is 0 Å². The van der Waals surface area contributed by atoms with Gasteiger partial charge in [-0.3, -0.25) is 0 Å². The van der Waals surface area contributed by atoms with Crippen molar-refractivity contribution in [3.63, 3.8) is 0 Å². The lowest BCUT2D eigenvalue weighted by Crippen LogP contribution is -2.17. The Hall–Kier alpha value is -1.12. The molecule has 2 fully saturated rings. The Morgan fingerprint density at radius 2 is 2.00 bits per heavy atom. The summed E-state index contributed by atoms with van der Waals surface area (Å²) >= 11 is 0. The van der Waals surface area contributed by atoms with E-state index >= 15 is 0 Å². The van der Waals surface area contributed by atoms with E-state index in [1.165, 1.54) is 36.9 Å². The Labute approximate surface area is 129 Å². The van der Waals surface area contributed by atoms with Crippen LogP contribution in [0.2, 0.25) is 0 Å². The van der Waals surface area contributed by atoms with Crippen molar-refractivity contribution in [3.8, 4) is 0 Å². The van der Waals surface area contributed by atoms with Crippen LogP contribution in [0, 0.1) is 18.8 Å². The van der Waals surface area contributed by atoms with Crippen LogP contribution in [0.3, 0.4) is 0 Å². The molecule has 3 heteroatoms. The minimum Gasteiger partial charge on any atom is -0.370 e. The molecule has 0 aliphatic heterocycles. The molecule has 1 aromatic heterocycles. The number of nitrogens with one attached hydrogen (secondary N) is 1. The van der Waals surface area contributed by atoms with Crippen molar-refractivity contribution in [1.82, 2.24) is 9.97 Å². The van der Waals surface area contributed by atoms with Gasteiger partial charge in [-0.25, -0.2) is 9.97 Å². The number of fused-ring (bicyclic) bond motifs is 2. The van der Waals surface area contributed by atoms with Gasteiger partial charge in [0.1, 0.15) is 11.6 Å². The normalized spacial score (nSPS) is 27.6. The van der Waals surface area contributed by atoms with Gasteiger partial charge in [0, 0.05) is 23.7 Å². The molecule has 3 nitrogen and oxygen atoms in total. The van der Waals surface area contributed by atoms with Crippen LogP contribution >= 0.6 is 0 Å². The maximum absolute atomic E-state index is 4.97. The summed E-state index contributed by atoms with van der Waals surface area (Å²) in [4.78, 5) is 9.88. The fraction of sp³-hybridized carbons (Fsp3) is 0.778. The summed E-state index contributed by atoms with van der Waals surface area (Å²) in [6.07, 6.45) is 6.69. The van der Waals surface area contributed by atoms with Crippen LogP contribution in [0.15, 0.2) is 0 Å². The van der Waals surface area contributed by atoms with Crippen molar-refractivity contribution >= 4 is 5.82 Å². The number of nitrogens with zero attached hydrogens (tertiary/aromatic N) is 2. The van der Waals surface area contributed by atoms with Gasteiger partial charge in [0.15, 0.2) is 0 Å². The SMILES string of the molecule is CCCNc1nc(C2CC3CCC2C3)nc(C)c1C(C)C. The van der Waals surface area contributed by atoms with Crippen molar-refractivity contribution in [2.24, 2.45) is 11.8 Å². The second-order valence-corrected chi connectivity index (χ2v) is 7.29. The highest BCUT2D eigenvalue weighted by Gasteiger charge is 2.41. The molecule has 2 aliphatic rings. The predicted molar refractivity (Wildman–Crippen MR) is 87.8 cm³/mol. The third kappa shape index (κ3) is 2.79. The molecule has 1 N–H and O–H groups in total. The largest absolute Gasteiger partial charge is 0.370 e. The van der Waals surface area contributed by atoms with Crippen LogP contribution in [0.1, 0.15) is 81.8 Å². The Morgan fingerprint density at radius 3 is 2.57 bits per heavy atom. The topological polar surface area (TPSA) is 37.8 Å². The summed E-state index contributed by atoms with van der Waals surface area (Å²) in [7, 11) is 0. The van der Waals surface area contributed by atoms with Crippen LogP contribution < -0.4 is 5.32 Å². The minimum atomic E-state index is 0.471. The van der Waals surface area contributed by atoms with E-state index in [0.29, 0.717) is 11.8 Å². The van der Waals surface area contributed by atoms with E-state index in [4.69, 9.17) is 9.97 Å². The van der Waals surface area contributed by atoms with Crippen LogP contribution in [0.25, 0.3) is 0 Å². The zero-order valence-corrected chi connectivity index (χ0v) is 13.9. The Bertz CT molecular complexity index is 509. The molecular formula is C18H29N3.